The fraction of sp³-hybridized carbons (Fsp3) is 0.375. The van der Waals surface area contributed by atoms with Gasteiger partial charge in [-0.15, -0.1) is 10.2 Å². The van der Waals surface area contributed by atoms with E-state index in [-0.39, 0.29) is 17.7 Å². The first-order valence-electron chi connectivity index (χ1n) is 7.66. The summed E-state index contributed by atoms with van der Waals surface area (Å²) in [5.41, 5.74) is 1.99. The summed E-state index contributed by atoms with van der Waals surface area (Å²) in [6.45, 7) is 1.99. The second-order valence-electron chi connectivity index (χ2n) is 5.49. The molecule has 7 heteroatoms. The van der Waals surface area contributed by atoms with E-state index in [0.29, 0.717) is 24.4 Å². The van der Waals surface area contributed by atoms with Crippen LogP contribution in [0.4, 0.5) is 10.8 Å². The number of fused-ring (bicyclic) bond motifs is 1. The number of anilines is 2. The van der Waals surface area contributed by atoms with Gasteiger partial charge in [-0.2, -0.15) is 0 Å². The summed E-state index contributed by atoms with van der Waals surface area (Å²) in [5, 5.41) is 14.9. The molecule has 2 N–H and O–H groups in total. The molecule has 0 aliphatic carbocycles. The summed E-state index contributed by atoms with van der Waals surface area (Å²) >= 11 is 1.38. The quantitative estimate of drug-likeness (QED) is 0.882. The molecule has 2 aromatic rings. The number of nitrogens with zero attached hydrogens (tertiary/aromatic N) is 2. The van der Waals surface area contributed by atoms with E-state index >= 15 is 0 Å². The van der Waals surface area contributed by atoms with Gasteiger partial charge in [0.15, 0.2) is 0 Å². The molecule has 2 amide bonds. The Morgan fingerprint density at radius 3 is 3.00 bits per heavy atom. The summed E-state index contributed by atoms with van der Waals surface area (Å²) in [7, 11) is 0. The molecule has 0 saturated carbocycles. The highest BCUT2D eigenvalue weighted by molar-refractivity contribution is 7.15. The predicted molar refractivity (Wildman–Crippen MR) is 89.4 cm³/mol. The monoisotopic (exact) mass is 330 g/mol. The third kappa shape index (κ3) is 3.73. The number of para-hydroxylation sites is 1. The van der Waals surface area contributed by atoms with Crippen molar-refractivity contribution in [3.63, 3.8) is 0 Å². The maximum atomic E-state index is 12.1. The van der Waals surface area contributed by atoms with E-state index in [4.69, 9.17) is 0 Å². The summed E-state index contributed by atoms with van der Waals surface area (Å²) in [4.78, 5) is 24.1. The highest BCUT2D eigenvalue weighted by atomic mass is 32.1. The molecular weight excluding hydrogens is 312 g/mol. The predicted octanol–water partition coefficient (Wildman–Crippen LogP) is 2.63. The number of hydrogen-bond donors (Lipinski definition) is 2. The molecule has 1 aliphatic rings. The Morgan fingerprint density at radius 2 is 2.22 bits per heavy atom. The van der Waals surface area contributed by atoms with Crippen molar-refractivity contribution in [2.45, 2.75) is 32.6 Å². The van der Waals surface area contributed by atoms with E-state index in [1.54, 1.807) is 0 Å². The minimum atomic E-state index is -0.170. The number of amides is 2. The smallest absolute Gasteiger partial charge is 0.227 e. The van der Waals surface area contributed by atoms with Crippen LogP contribution in [-0.2, 0) is 22.4 Å². The Hall–Kier alpha value is -2.28. The highest BCUT2D eigenvalue weighted by Gasteiger charge is 2.26. The third-order valence-electron chi connectivity index (χ3n) is 3.85. The Balaban J connectivity index is 1.54. The molecular formula is C16H18N4O2S. The number of aryl methyl sites for hydroxylation is 1. The lowest BCUT2D eigenvalue weighted by Gasteiger charge is -2.24. The number of benzene rings is 1. The van der Waals surface area contributed by atoms with E-state index < -0.39 is 0 Å². The summed E-state index contributed by atoms with van der Waals surface area (Å²) in [6.07, 6.45) is 2.29. The van der Waals surface area contributed by atoms with Gasteiger partial charge in [-0.05, 0) is 30.9 Å². The van der Waals surface area contributed by atoms with Crippen molar-refractivity contribution < 1.29 is 9.59 Å². The van der Waals surface area contributed by atoms with Gasteiger partial charge < -0.3 is 10.6 Å². The van der Waals surface area contributed by atoms with Crippen LogP contribution in [0.15, 0.2) is 24.3 Å². The Bertz CT molecular complexity index is 728. The number of nitrogens with one attached hydrogen (secondary N) is 2. The average molecular weight is 330 g/mol. The van der Waals surface area contributed by atoms with E-state index in [1.165, 1.54) is 11.3 Å². The lowest BCUT2D eigenvalue weighted by atomic mass is 9.89. The van der Waals surface area contributed by atoms with Crippen LogP contribution in [0.25, 0.3) is 0 Å². The highest BCUT2D eigenvalue weighted by Crippen LogP contribution is 2.27. The van der Waals surface area contributed by atoms with E-state index in [1.807, 2.05) is 31.2 Å². The number of aromatic nitrogens is 2. The van der Waals surface area contributed by atoms with Crippen molar-refractivity contribution in [3.05, 3.63) is 34.8 Å². The fourth-order valence-corrected chi connectivity index (χ4v) is 3.28. The second-order valence-corrected chi connectivity index (χ2v) is 6.55. The molecule has 3 rings (SSSR count). The van der Waals surface area contributed by atoms with Gasteiger partial charge in [0.25, 0.3) is 0 Å². The van der Waals surface area contributed by atoms with Crippen LogP contribution in [0.5, 0.6) is 0 Å². The molecule has 1 aliphatic heterocycles. The van der Waals surface area contributed by atoms with Crippen LogP contribution < -0.4 is 10.6 Å². The molecule has 0 fully saturated rings. The fourth-order valence-electron chi connectivity index (χ4n) is 2.58. The van der Waals surface area contributed by atoms with Crippen LogP contribution in [-0.4, -0.2) is 22.0 Å². The van der Waals surface area contributed by atoms with E-state index in [9.17, 15) is 9.59 Å². The van der Waals surface area contributed by atoms with Gasteiger partial charge in [-0.3, -0.25) is 9.59 Å². The van der Waals surface area contributed by atoms with Crippen LogP contribution >= 0.6 is 11.3 Å². The molecule has 6 nitrogen and oxygen atoms in total. The third-order valence-corrected chi connectivity index (χ3v) is 4.83. The molecule has 120 valence electrons. The molecule has 2 heterocycles. The second kappa shape index (κ2) is 6.87. The topological polar surface area (TPSA) is 84.0 Å². The first-order chi connectivity index (χ1) is 11.2. The zero-order valence-corrected chi connectivity index (χ0v) is 13.7. The minimum absolute atomic E-state index is 0.0133. The van der Waals surface area contributed by atoms with Crippen molar-refractivity contribution >= 4 is 34.0 Å². The average Bonchev–Trinajstić information content (AvgIpc) is 3.00. The number of hydrogen-bond acceptors (Lipinski definition) is 5. The molecule has 1 aromatic heterocycles. The normalized spacial score (nSPS) is 16.6. The van der Waals surface area contributed by atoms with Gasteiger partial charge in [-0.25, -0.2) is 0 Å². The van der Waals surface area contributed by atoms with E-state index in [0.717, 1.165) is 22.7 Å². The van der Waals surface area contributed by atoms with Gasteiger partial charge in [0.2, 0.25) is 16.9 Å². The zero-order valence-electron chi connectivity index (χ0n) is 12.8. The first kappa shape index (κ1) is 15.6. The van der Waals surface area contributed by atoms with Gasteiger partial charge in [-0.1, -0.05) is 36.5 Å². The first-order valence-corrected chi connectivity index (χ1v) is 8.48. The lowest BCUT2D eigenvalue weighted by Crippen LogP contribution is -2.30. The van der Waals surface area contributed by atoms with Crippen LogP contribution in [0.3, 0.4) is 0 Å². The molecule has 0 spiro atoms. The molecule has 0 unspecified atom stereocenters. The van der Waals surface area contributed by atoms with Gasteiger partial charge >= 0.3 is 0 Å². The number of carbonyl (C=O) groups is 2. The van der Waals surface area contributed by atoms with Crippen molar-refractivity contribution in [1.29, 1.82) is 0 Å². The molecule has 1 atom stereocenters. The summed E-state index contributed by atoms with van der Waals surface area (Å²) in [5.74, 6) is -0.313. The maximum Gasteiger partial charge on any atom is 0.227 e. The van der Waals surface area contributed by atoms with Gasteiger partial charge in [0.05, 0.1) is 0 Å². The SMILES string of the molecule is CCc1nnc(NC(=O)CC[C@H]2Cc3ccccc3NC2=O)s1. The molecule has 23 heavy (non-hydrogen) atoms. The van der Waals surface area contributed by atoms with Crippen molar-refractivity contribution in [2.75, 3.05) is 10.6 Å². The lowest BCUT2D eigenvalue weighted by molar-refractivity contribution is -0.121. The van der Waals surface area contributed by atoms with Crippen molar-refractivity contribution in [2.24, 2.45) is 5.92 Å². The Labute approximate surface area is 138 Å². The van der Waals surface area contributed by atoms with E-state index in [2.05, 4.69) is 20.8 Å². The largest absolute Gasteiger partial charge is 0.326 e. The molecule has 0 radical (unpaired) electrons. The number of rotatable bonds is 5. The molecule has 0 saturated heterocycles. The summed E-state index contributed by atoms with van der Waals surface area (Å²) in [6, 6.07) is 7.77. The van der Waals surface area contributed by atoms with Gasteiger partial charge in [0.1, 0.15) is 5.01 Å². The maximum absolute atomic E-state index is 12.1. The van der Waals surface area contributed by atoms with Crippen molar-refractivity contribution in [1.82, 2.24) is 10.2 Å². The Morgan fingerprint density at radius 1 is 1.39 bits per heavy atom. The summed E-state index contributed by atoms with van der Waals surface area (Å²) < 4.78 is 0. The minimum Gasteiger partial charge on any atom is -0.326 e. The molecule has 1 aromatic carbocycles. The van der Waals surface area contributed by atoms with Gasteiger partial charge in [0, 0.05) is 18.0 Å². The zero-order chi connectivity index (χ0) is 16.2. The molecule has 0 bridgehead atoms. The van der Waals surface area contributed by atoms with Crippen LogP contribution in [0.2, 0.25) is 0 Å². The number of carbonyl (C=O) groups excluding carboxylic acids is 2. The van der Waals surface area contributed by atoms with Crippen LogP contribution in [0.1, 0.15) is 30.3 Å². The Kier molecular flexibility index (Phi) is 4.66. The standard InChI is InChI=1S/C16H18N4O2S/c1-2-14-19-20-16(23-14)18-13(21)8-7-11-9-10-5-3-4-6-12(10)17-15(11)22/h3-6,11H,2,7-9H2,1H3,(H,17,22)(H,18,20,21)/t11-/m0/s1. The van der Waals surface area contributed by atoms with Crippen LogP contribution in [0, 0.1) is 5.92 Å². The van der Waals surface area contributed by atoms with Crippen molar-refractivity contribution in [3.8, 4) is 0 Å².